The summed E-state index contributed by atoms with van der Waals surface area (Å²) < 4.78 is 36.6. The van der Waals surface area contributed by atoms with Gasteiger partial charge in [-0.1, -0.05) is 18.5 Å². The number of benzene rings is 1. The topological polar surface area (TPSA) is 120 Å². The zero-order chi connectivity index (χ0) is 25.4. The van der Waals surface area contributed by atoms with Crippen LogP contribution in [0.2, 0.25) is 5.02 Å². The first-order valence-corrected chi connectivity index (χ1v) is 12.5. The zero-order valence-electron chi connectivity index (χ0n) is 19.8. The molecule has 1 aliphatic heterocycles. The third-order valence-corrected chi connectivity index (χ3v) is 7.31. The molecule has 5 rings (SSSR count). The van der Waals surface area contributed by atoms with Crippen molar-refractivity contribution in [1.82, 2.24) is 19.5 Å². The predicted octanol–water partition coefficient (Wildman–Crippen LogP) is 4.56. The van der Waals surface area contributed by atoms with Crippen molar-refractivity contribution < 1.29 is 18.3 Å². The number of fused-ring (bicyclic) bond motifs is 1. The molecular formula is C24H28ClF2N7O2. The number of hydrogen-bond acceptors (Lipinski definition) is 7. The van der Waals surface area contributed by atoms with Crippen molar-refractivity contribution in [3.05, 3.63) is 35.0 Å². The number of nitrogens with zero attached hydrogens (tertiary/aromatic N) is 4. The van der Waals surface area contributed by atoms with Crippen LogP contribution in [-0.4, -0.2) is 44.7 Å². The van der Waals surface area contributed by atoms with E-state index in [1.54, 1.807) is 6.20 Å². The largest absolute Gasteiger partial charge is 0.381 e. The number of ether oxygens (including phenoxy) is 1. The highest BCUT2D eigenvalue weighted by Crippen LogP contribution is 2.38. The van der Waals surface area contributed by atoms with Crippen LogP contribution in [0.15, 0.2) is 18.3 Å². The molecule has 2 aromatic heterocycles. The SMILES string of the molecule is C[C@H]1COCC[C@@H]1Nc1ncc2nc(Nc3c(F)cc(Cl)cc3F)n([C@H]3CC[C@@H](C(N)=O)CC3)c2n1. The second-order valence-corrected chi connectivity index (χ2v) is 10.0. The minimum Gasteiger partial charge on any atom is -0.381 e. The van der Waals surface area contributed by atoms with Crippen LogP contribution in [0.3, 0.4) is 0 Å². The van der Waals surface area contributed by atoms with Crippen molar-refractivity contribution in [3.8, 4) is 0 Å². The fourth-order valence-corrected chi connectivity index (χ4v) is 5.24. The highest BCUT2D eigenvalue weighted by molar-refractivity contribution is 6.30. The van der Waals surface area contributed by atoms with Gasteiger partial charge in [-0.15, -0.1) is 0 Å². The van der Waals surface area contributed by atoms with Gasteiger partial charge in [-0.3, -0.25) is 9.36 Å². The molecule has 2 fully saturated rings. The van der Waals surface area contributed by atoms with Crippen LogP contribution in [0, 0.1) is 23.5 Å². The standard InChI is InChI=1S/C24H28ClF2N7O2/c1-12-11-36-7-6-18(12)30-23-29-10-19-22(33-23)34(15-4-2-13(3-5-15)21(28)35)24(31-19)32-20-16(26)8-14(25)9-17(20)27/h8-10,12-13,15,18H,2-7,11H2,1H3,(H2,28,35)(H,31,32)(H,29,30,33)/t12-,13-,15+,18-/m0/s1. The maximum absolute atomic E-state index is 14.6. The number of hydrogen-bond donors (Lipinski definition) is 3. The lowest BCUT2D eigenvalue weighted by Gasteiger charge is -2.30. The van der Waals surface area contributed by atoms with E-state index in [2.05, 4.69) is 27.5 Å². The number of anilines is 3. The number of imidazole rings is 1. The van der Waals surface area contributed by atoms with Gasteiger partial charge in [0, 0.05) is 29.6 Å². The van der Waals surface area contributed by atoms with Gasteiger partial charge in [0.25, 0.3) is 0 Å². The van der Waals surface area contributed by atoms with Crippen LogP contribution in [0.4, 0.5) is 26.4 Å². The number of aromatic nitrogens is 4. The first kappa shape index (κ1) is 24.6. The van der Waals surface area contributed by atoms with E-state index in [-0.39, 0.29) is 40.6 Å². The first-order chi connectivity index (χ1) is 17.3. The van der Waals surface area contributed by atoms with Crippen molar-refractivity contribution >= 4 is 46.3 Å². The first-order valence-electron chi connectivity index (χ1n) is 12.1. The van der Waals surface area contributed by atoms with E-state index in [0.29, 0.717) is 61.9 Å². The molecule has 0 radical (unpaired) electrons. The van der Waals surface area contributed by atoms with Crippen LogP contribution in [-0.2, 0) is 9.53 Å². The Balaban J connectivity index is 1.53. The Kier molecular flexibility index (Phi) is 6.94. The molecule has 1 saturated carbocycles. The smallest absolute Gasteiger partial charge is 0.224 e. The number of halogens is 3. The molecule has 1 saturated heterocycles. The van der Waals surface area contributed by atoms with Gasteiger partial charge in [-0.25, -0.2) is 18.7 Å². The van der Waals surface area contributed by atoms with Crippen molar-refractivity contribution in [1.29, 1.82) is 0 Å². The molecule has 4 N–H and O–H groups in total. The minimum atomic E-state index is -0.835. The van der Waals surface area contributed by atoms with E-state index >= 15 is 0 Å². The number of nitrogens with two attached hydrogens (primary N) is 1. The molecule has 0 spiro atoms. The van der Waals surface area contributed by atoms with Crippen LogP contribution in [0.5, 0.6) is 0 Å². The number of rotatable bonds is 6. The molecule has 0 bridgehead atoms. The fraction of sp³-hybridized carbons (Fsp3) is 0.500. The van der Waals surface area contributed by atoms with Crippen LogP contribution in [0.25, 0.3) is 11.2 Å². The lowest BCUT2D eigenvalue weighted by molar-refractivity contribution is -0.122. The molecule has 1 amide bonds. The normalized spacial score (nSPS) is 24.6. The molecule has 36 heavy (non-hydrogen) atoms. The molecule has 3 aromatic rings. The monoisotopic (exact) mass is 519 g/mol. The zero-order valence-corrected chi connectivity index (χ0v) is 20.6. The molecule has 192 valence electrons. The molecule has 12 heteroatoms. The average molecular weight is 520 g/mol. The van der Waals surface area contributed by atoms with Gasteiger partial charge < -0.3 is 21.1 Å². The molecule has 9 nitrogen and oxygen atoms in total. The maximum Gasteiger partial charge on any atom is 0.224 e. The van der Waals surface area contributed by atoms with Crippen LogP contribution >= 0.6 is 11.6 Å². The summed E-state index contributed by atoms with van der Waals surface area (Å²) in [5.41, 5.74) is 6.18. The van der Waals surface area contributed by atoms with Crippen molar-refractivity contribution in [2.45, 2.75) is 51.1 Å². The van der Waals surface area contributed by atoms with Gasteiger partial charge in [0.2, 0.25) is 17.8 Å². The Hall–Kier alpha value is -3.05. The predicted molar refractivity (Wildman–Crippen MR) is 132 cm³/mol. The Morgan fingerprint density at radius 1 is 1.17 bits per heavy atom. The number of nitrogens with one attached hydrogen (secondary N) is 2. The molecule has 2 aliphatic rings. The van der Waals surface area contributed by atoms with Crippen LogP contribution < -0.4 is 16.4 Å². The van der Waals surface area contributed by atoms with Crippen molar-refractivity contribution in [2.24, 2.45) is 17.6 Å². The minimum absolute atomic E-state index is 0.0437. The second kappa shape index (κ2) is 10.1. The average Bonchev–Trinajstić information content (AvgIpc) is 3.20. The molecule has 0 unspecified atom stereocenters. The highest BCUT2D eigenvalue weighted by atomic mass is 35.5. The van der Waals surface area contributed by atoms with Crippen molar-refractivity contribution in [2.75, 3.05) is 23.8 Å². The second-order valence-electron chi connectivity index (χ2n) is 9.58. The quantitative estimate of drug-likeness (QED) is 0.437. The summed E-state index contributed by atoms with van der Waals surface area (Å²) in [6.07, 6.45) is 4.93. The Bertz CT molecular complexity index is 1260. The van der Waals surface area contributed by atoms with Gasteiger partial charge in [0.15, 0.2) is 17.3 Å². The Labute approximate surface area is 211 Å². The highest BCUT2D eigenvalue weighted by Gasteiger charge is 2.30. The van der Waals surface area contributed by atoms with E-state index in [0.717, 1.165) is 18.6 Å². The lowest BCUT2D eigenvalue weighted by Crippen LogP contribution is -2.36. The van der Waals surface area contributed by atoms with Gasteiger partial charge in [0.05, 0.1) is 12.8 Å². The summed E-state index contributed by atoms with van der Waals surface area (Å²) in [4.78, 5) is 25.4. The van der Waals surface area contributed by atoms with E-state index < -0.39 is 11.6 Å². The maximum atomic E-state index is 14.6. The summed E-state index contributed by atoms with van der Waals surface area (Å²) in [6, 6.07) is 2.13. The summed E-state index contributed by atoms with van der Waals surface area (Å²) in [7, 11) is 0. The summed E-state index contributed by atoms with van der Waals surface area (Å²) in [6.45, 7) is 3.43. The molecule has 3 heterocycles. The van der Waals surface area contributed by atoms with Gasteiger partial charge in [0.1, 0.15) is 11.2 Å². The third-order valence-electron chi connectivity index (χ3n) is 7.10. The number of carbonyl (C=O) groups is 1. The summed E-state index contributed by atoms with van der Waals surface area (Å²) >= 11 is 5.79. The number of amides is 1. The summed E-state index contributed by atoms with van der Waals surface area (Å²) in [5, 5.41) is 6.17. The third kappa shape index (κ3) is 4.94. The Morgan fingerprint density at radius 2 is 1.89 bits per heavy atom. The number of primary amides is 1. The van der Waals surface area contributed by atoms with E-state index in [9.17, 15) is 13.6 Å². The van der Waals surface area contributed by atoms with Crippen LogP contribution in [0.1, 0.15) is 45.1 Å². The number of carbonyl (C=O) groups excluding carboxylic acids is 1. The molecule has 1 aromatic carbocycles. The van der Waals surface area contributed by atoms with E-state index in [4.69, 9.17) is 27.1 Å². The molecular weight excluding hydrogens is 492 g/mol. The Morgan fingerprint density at radius 3 is 2.56 bits per heavy atom. The fourth-order valence-electron chi connectivity index (χ4n) is 5.05. The van der Waals surface area contributed by atoms with Gasteiger partial charge in [-0.05, 0) is 50.2 Å². The van der Waals surface area contributed by atoms with Gasteiger partial charge in [-0.2, -0.15) is 4.98 Å². The van der Waals surface area contributed by atoms with E-state index in [1.165, 1.54) is 0 Å². The molecule has 1 aliphatic carbocycles. The van der Waals surface area contributed by atoms with Gasteiger partial charge >= 0.3 is 0 Å². The summed E-state index contributed by atoms with van der Waals surface area (Å²) in [5.74, 6) is -1.20. The molecule has 2 atom stereocenters. The van der Waals surface area contributed by atoms with E-state index in [1.807, 2.05) is 4.57 Å². The lowest BCUT2D eigenvalue weighted by atomic mass is 9.85. The van der Waals surface area contributed by atoms with Crippen molar-refractivity contribution in [3.63, 3.8) is 0 Å².